The fraction of sp³-hybridized carbons (Fsp3) is 0.133. The van der Waals surface area contributed by atoms with E-state index in [9.17, 15) is 14.3 Å². The van der Waals surface area contributed by atoms with Gasteiger partial charge in [-0.25, -0.2) is 9.18 Å². The Morgan fingerprint density at radius 3 is 2.70 bits per heavy atom. The minimum Gasteiger partial charge on any atom is -0.507 e. The number of aromatic hydroxyl groups is 1. The highest BCUT2D eigenvalue weighted by Crippen LogP contribution is 2.24. The number of hydrogen-bond donors (Lipinski definition) is 1. The summed E-state index contributed by atoms with van der Waals surface area (Å²) in [5.74, 6) is -0.877. The molecule has 2 aromatic carbocycles. The molecule has 0 aliphatic rings. The molecule has 0 aliphatic heterocycles. The maximum Gasteiger partial charge on any atom is 0.342 e. The van der Waals surface area contributed by atoms with Crippen LogP contribution in [0.25, 0.3) is 0 Å². The fourth-order valence-corrected chi connectivity index (χ4v) is 1.66. The van der Waals surface area contributed by atoms with Crippen molar-refractivity contribution in [1.29, 1.82) is 0 Å². The van der Waals surface area contributed by atoms with Crippen LogP contribution in [0.4, 0.5) is 4.39 Å². The number of phenols is 1. The largest absolute Gasteiger partial charge is 0.507 e. The van der Waals surface area contributed by atoms with Crippen LogP contribution in [-0.4, -0.2) is 18.2 Å². The van der Waals surface area contributed by atoms with Crippen LogP contribution in [0.15, 0.2) is 42.5 Å². The molecule has 20 heavy (non-hydrogen) atoms. The van der Waals surface area contributed by atoms with Crippen LogP contribution in [0.5, 0.6) is 11.5 Å². The van der Waals surface area contributed by atoms with E-state index in [0.717, 1.165) is 0 Å². The molecule has 0 amide bonds. The van der Waals surface area contributed by atoms with Crippen LogP contribution < -0.4 is 4.74 Å². The van der Waals surface area contributed by atoms with Gasteiger partial charge in [-0.2, -0.15) is 0 Å². The number of benzene rings is 2. The van der Waals surface area contributed by atoms with E-state index in [0.29, 0.717) is 11.3 Å². The molecular weight excluding hydrogens is 263 g/mol. The Morgan fingerprint density at radius 1 is 1.25 bits per heavy atom. The first-order valence-corrected chi connectivity index (χ1v) is 5.88. The first kappa shape index (κ1) is 13.9. The summed E-state index contributed by atoms with van der Waals surface area (Å²) in [6.07, 6.45) is 0. The summed E-state index contributed by atoms with van der Waals surface area (Å²) < 4.78 is 22.9. The van der Waals surface area contributed by atoms with Crippen molar-refractivity contribution in [3.63, 3.8) is 0 Å². The highest BCUT2D eigenvalue weighted by molar-refractivity contribution is 5.92. The molecule has 2 rings (SSSR count). The quantitative estimate of drug-likeness (QED) is 0.872. The van der Waals surface area contributed by atoms with Crippen LogP contribution in [0.2, 0.25) is 0 Å². The van der Waals surface area contributed by atoms with Gasteiger partial charge in [0.2, 0.25) is 0 Å². The van der Waals surface area contributed by atoms with Gasteiger partial charge in [0.1, 0.15) is 29.5 Å². The minimum atomic E-state index is -0.686. The van der Waals surface area contributed by atoms with E-state index in [2.05, 4.69) is 0 Å². The number of halogens is 1. The van der Waals surface area contributed by atoms with Crippen molar-refractivity contribution in [2.75, 3.05) is 7.11 Å². The number of carbonyl (C=O) groups excluding carboxylic acids is 1. The van der Waals surface area contributed by atoms with E-state index in [1.54, 1.807) is 12.1 Å². The Morgan fingerprint density at radius 2 is 2.05 bits per heavy atom. The van der Waals surface area contributed by atoms with Gasteiger partial charge in [-0.3, -0.25) is 0 Å². The van der Waals surface area contributed by atoms with Crippen molar-refractivity contribution < 1.29 is 23.8 Å². The topological polar surface area (TPSA) is 55.8 Å². The van der Waals surface area contributed by atoms with Gasteiger partial charge in [0.05, 0.1) is 7.11 Å². The minimum absolute atomic E-state index is 0.0298. The van der Waals surface area contributed by atoms with Crippen molar-refractivity contribution >= 4 is 5.97 Å². The van der Waals surface area contributed by atoms with E-state index in [4.69, 9.17) is 9.47 Å². The molecule has 5 heteroatoms. The van der Waals surface area contributed by atoms with Crippen LogP contribution in [0, 0.1) is 5.82 Å². The summed E-state index contributed by atoms with van der Waals surface area (Å²) in [5.41, 5.74) is 0.563. The molecule has 0 saturated heterocycles. The lowest BCUT2D eigenvalue weighted by Crippen LogP contribution is -2.05. The molecule has 1 N–H and O–H groups in total. The van der Waals surface area contributed by atoms with Crippen molar-refractivity contribution in [2.45, 2.75) is 6.61 Å². The highest BCUT2D eigenvalue weighted by Gasteiger charge is 2.13. The molecule has 104 valence electrons. The van der Waals surface area contributed by atoms with E-state index in [-0.39, 0.29) is 17.9 Å². The van der Waals surface area contributed by atoms with Gasteiger partial charge in [-0.15, -0.1) is 0 Å². The SMILES string of the molecule is COc1ccc(C(=O)OCc2cccc(F)c2)c(O)c1. The lowest BCUT2D eigenvalue weighted by Gasteiger charge is -2.08. The third-order valence-corrected chi connectivity index (χ3v) is 2.68. The summed E-state index contributed by atoms with van der Waals surface area (Å²) >= 11 is 0. The number of carbonyl (C=O) groups is 1. The molecule has 0 atom stereocenters. The summed E-state index contributed by atoms with van der Waals surface area (Å²) in [6.45, 7) is -0.0674. The van der Waals surface area contributed by atoms with E-state index in [1.807, 2.05) is 0 Å². The molecule has 0 aromatic heterocycles. The zero-order valence-corrected chi connectivity index (χ0v) is 10.8. The van der Waals surface area contributed by atoms with Crippen LogP contribution in [0.1, 0.15) is 15.9 Å². The van der Waals surface area contributed by atoms with Crippen molar-refractivity contribution in [3.05, 3.63) is 59.4 Å². The maximum atomic E-state index is 13.0. The van der Waals surface area contributed by atoms with Gasteiger partial charge >= 0.3 is 5.97 Å². The molecule has 0 aliphatic carbocycles. The number of esters is 1. The van der Waals surface area contributed by atoms with Gasteiger partial charge in [0.25, 0.3) is 0 Å². The van der Waals surface area contributed by atoms with Crippen molar-refractivity contribution in [1.82, 2.24) is 0 Å². The van der Waals surface area contributed by atoms with Crippen LogP contribution >= 0.6 is 0 Å². The Bertz CT molecular complexity index is 625. The van der Waals surface area contributed by atoms with Gasteiger partial charge in [0.15, 0.2) is 0 Å². The Kier molecular flexibility index (Phi) is 4.20. The normalized spacial score (nSPS) is 10.1. The average Bonchev–Trinajstić information content (AvgIpc) is 2.44. The summed E-state index contributed by atoms with van der Waals surface area (Å²) in [7, 11) is 1.46. The molecule has 0 heterocycles. The van der Waals surface area contributed by atoms with E-state index in [1.165, 1.54) is 37.4 Å². The molecule has 0 unspecified atom stereocenters. The Labute approximate surface area is 115 Å². The van der Waals surface area contributed by atoms with Gasteiger partial charge < -0.3 is 14.6 Å². The Balaban J connectivity index is 2.05. The van der Waals surface area contributed by atoms with Crippen molar-refractivity contribution in [3.8, 4) is 11.5 Å². The van der Waals surface area contributed by atoms with Gasteiger partial charge in [-0.1, -0.05) is 12.1 Å². The lowest BCUT2D eigenvalue weighted by molar-refractivity contribution is 0.0469. The van der Waals surface area contributed by atoms with Crippen LogP contribution in [0.3, 0.4) is 0 Å². The van der Waals surface area contributed by atoms with Gasteiger partial charge in [0, 0.05) is 6.07 Å². The lowest BCUT2D eigenvalue weighted by atomic mass is 10.2. The fourth-order valence-electron chi connectivity index (χ4n) is 1.66. The molecule has 0 bridgehead atoms. The molecule has 0 spiro atoms. The second-order valence-corrected chi connectivity index (χ2v) is 4.09. The standard InChI is InChI=1S/C15H13FO4/c1-19-12-5-6-13(14(17)8-12)15(18)20-9-10-3-2-4-11(16)7-10/h2-8,17H,9H2,1H3. The third-order valence-electron chi connectivity index (χ3n) is 2.68. The predicted octanol–water partition coefficient (Wildman–Crippen LogP) is 2.90. The van der Waals surface area contributed by atoms with E-state index >= 15 is 0 Å². The second-order valence-electron chi connectivity index (χ2n) is 4.09. The Hall–Kier alpha value is -2.56. The monoisotopic (exact) mass is 276 g/mol. The molecule has 0 radical (unpaired) electrons. The molecular formula is C15H13FO4. The average molecular weight is 276 g/mol. The third kappa shape index (κ3) is 3.26. The first-order valence-electron chi connectivity index (χ1n) is 5.88. The molecule has 0 fully saturated rings. The number of phenolic OH excluding ortho intramolecular Hbond substituents is 1. The number of hydrogen-bond acceptors (Lipinski definition) is 4. The zero-order chi connectivity index (χ0) is 14.5. The highest BCUT2D eigenvalue weighted by atomic mass is 19.1. The van der Waals surface area contributed by atoms with Gasteiger partial charge in [-0.05, 0) is 29.8 Å². The molecule has 4 nitrogen and oxygen atoms in total. The predicted molar refractivity (Wildman–Crippen MR) is 70.2 cm³/mol. The number of rotatable bonds is 4. The first-order chi connectivity index (χ1) is 9.60. The zero-order valence-electron chi connectivity index (χ0n) is 10.8. The smallest absolute Gasteiger partial charge is 0.342 e. The molecule has 0 saturated carbocycles. The van der Waals surface area contributed by atoms with E-state index < -0.39 is 11.8 Å². The summed E-state index contributed by atoms with van der Waals surface area (Å²) in [5, 5.41) is 9.69. The number of methoxy groups -OCH3 is 1. The second kappa shape index (κ2) is 6.06. The number of ether oxygens (including phenoxy) is 2. The summed E-state index contributed by atoms with van der Waals surface area (Å²) in [6, 6.07) is 10.0. The van der Waals surface area contributed by atoms with Crippen molar-refractivity contribution in [2.24, 2.45) is 0 Å². The maximum absolute atomic E-state index is 13.0. The molecule has 2 aromatic rings. The summed E-state index contributed by atoms with van der Waals surface area (Å²) in [4.78, 5) is 11.8. The van der Waals surface area contributed by atoms with Crippen LogP contribution in [-0.2, 0) is 11.3 Å².